The highest BCUT2D eigenvalue weighted by molar-refractivity contribution is 5.35. The van der Waals surface area contributed by atoms with Gasteiger partial charge in [0.15, 0.2) is 5.65 Å². The normalized spacial score (nSPS) is 12.2. The zero-order chi connectivity index (χ0) is 10.2. The van der Waals surface area contributed by atoms with Crippen LogP contribution in [-0.2, 0) is 5.41 Å². The number of hydrogen-bond acceptors (Lipinski definition) is 3. The molecule has 0 radical (unpaired) electrons. The van der Waals surface area contributed by atoms with E-state index in [-0.39, 0.29) is 5.41 Å². The first kappa shape index (κ1) is 9.12. The van der Waals surface area contributed by atoms with Crippen molar-refractivity contribution >= 4 is 5.65 Å². The van der Waals surface area contributed by atoms with Gasteiger partial charge in [0.1, 0.15) is 5.82 Å². The maximum Gasteiger partial charge on any atom is 0.174 e. The van der Waals surface area contributed by atoms with Crippen LogP contribution in [0.1, 0.15) is 33.0 Å². The first-order valence-electron chi connectivity index (χ1n) is 4.80. The summed E-state index contributed by atoms with van der Waals surface area (Å²) < 4.78 is 1.81. The van der Waals surface area contributed by atoms with E-state index in [1.807, 2.05) is 4.52 Å². The molecule has 0 fully saturated rings. The molecule has 4 heteroatoms. The van der Waals surface area contributed by atoms with E-state index in [1.54, 1.807) is 18.6 Å². The van der Waals surface area contributed by atoms with Gasteiger partial charge in [0.05, 0.1) is 12.4 Å². The van der Waals surface area contributed by atoms with Crippen molar-refractivity contribution in [3.8, 4) is 0 Å². The summed E-state index contributed by atoms with van der Waals surface area (Å²) in [6.45, 7) is 6.48. The van der Waals surface area contributed by atoms with Gasteiger partial charge in [0.25, 0.3) is 0 Å². The molecule has 14 heavy (non-hydrogen) atoms. The fourth-order valence-corrected chi connectivity index (χ4v) is 1.36. The number of nitrogens with zero attached hydrogens (tertiary/aromatic N) is 4. The monoisotopic (exact) mass is 190 g/mol. The van der Waals surface area contributed by atoms with Gasteiger partial charge in [-0.15, -0.1) is 0 Å². The molecule has 0 aliphatic heterocycles. The lowest BCUT2D eigenvalue weighted by Crippen LogP contribution is -2.20. The minimum Gasteiger partial charge on any atom is -0.237 e. The van der Waals surface area contributed by atoms with Crippen LogP contribution < -0.4 is 0 Å². The molecule has 0 bridgehead atoms. The Balaban J connectivity index is 2.64. The minimum absolute atomic E-state index is 0.0441. The second kappa shape index (κ2) is 3.04. The molecule has 2 rings (SSSR count). The van der Waals surface area contributed by atoms with Gasteiger partial charge in [-0.25, -0.2) is 9.97 Å². The largest absolute Gasteiger partial charge is 0.237 e. The van der Waals surface area contributed by atoms with Gasteiger partial charge < -0.3 is 0 Å². The Morgan fingerprint density at radius 1 is 1.29 bits per heavy atom. The van der Waals surface area contributed by atoms with Crippen LogP contribution in [0.5, 0.6) is 0 Å². The van der Waals surface area contributed by atoms with Crippen LogP contribution >= 0.6 is 0 Å². The van der Waals surface area contributed by atoms with Gasteiger partial charge in [0, 0.05) is 11.6 Å². The lowest BCUT2D eigenvalue weighted by molar-refractivity contribution is 0.462. The Kier molecular flexibility index (Phi) is 1.98. The number of hydrogen-bond donors (Lipinski definition) is 0. The van der Waals surface area contributed by atoms with E-state index in [0.29, 0.717) is 0 Å². The number of aromatic nitrogens is 4. The van der Waals surface area contributed by atoms with E-state index >= 15 is 0 Å². The third kappa shape index (κ3) is 1.27. The molecule has 4 nitrogen and oxygen atoms in total. The van der Waals surface area contributed by atoms with E-state index in [2.05, 4.69) is 35.8 Å². The number of imidazole rings is 1. The minimum atomic E-state index is 0.0441. The molecular weight excluding hydrogens is 176 g/mol. The Hall–Kier alpha value is -1.45. The number of fused-ring (bicyclic) bond motifs is 1. The molecular formula is C10H14N4. The van der Waals surface area contributed by atoms with Crippen molar-refractivity contribution in [2.24, 2.45) is 0 Å². The Bertz CT molecular complexity index is 444. The molecule has 74 valence electrons. The van der Waals surface area contributed by atoms with Crippen LogP contribution in [0.2, 0.25) is 0 Å². The third-order valence-electron chi connectivity index (χ3n) is 2.66. The van der Waals surface area contributed by atoms with E-state index in [0.717, 1.165) is 17.9 Å². The Morgan fingerprint density at radius 2 is 2.07 bits per heavy atom. The predicted molar refractivity (Wildman–Crippen MR) is 54.1 cm³/mol. The van der Waals surface area contributed by atoms with E-state index < -0.39 is 0 Å². The quantitative estimate of drug-likeness (QED) is 0.725. The number of rotatable bonds is 2. The highest BCUT2D eigenvalue weighted by Crippen LogP contribution is 2.24. The second-order valence-corrected chi connectivity index (χ2v) is 4.03. The van der Waals surface area contributed by atoms with Crippen LogP contribution in [0.4, 0.5) is 0 Å². The van der Waals surface area contributed by atoms with Crippen LogP contribution in [0.3, 0.4) is 0 Å². The molecule has 0 aliphatic rings. The summed E-state index contributed by atoms with van der Waals surface area (Å²) in [4.78, 5) is 8.56. The summed E-state index contributed by atoms with van der Waals surface area (Å²) in [6.07, 6.45) is 6.16. The summed E-state index contributed by atoms with van der Waals surface area (Å²) in [5, 5.41) is 4.25. The van der Waals surface area contributed by atoms with Gasteiger partial charge in [0.2, 0.25) is 0 Å². The zero-order valence-electron chi connectivity index (χ0n) is 8.73. The van der Waals surface area contributed by atoms with Crippen molar-refractivity contribution < 1.29 is 0 Å². The molecule has 0 atom stereocenters. The second-order valence-electron chi connectivity index (χ2n) is 4.03. The first-order chi connectivity index (χ1) is 6.65. The van der Waals surface area contributed by atoms with Crippen LogP contribution in [0.15, 0.2) is 18.6 Å². The van der Waals surface area contributed by atoms with Crippen molar-refractivity contribution in [1.82, 2.24) is 19.6 Å². The predicted octanol–water partition coefficient (Wildman–Crippen LogP) is 1.81. The summed E-state index contributed by atoms with van der Waals surface area (Å²) in [7, 11) is 0. The zero-order valence-corrected chi connectivity index (χ0v) is 8.73. The molecule has 0 amide bonds. The maximum absolute atomic E-state index is 4.38. The van der Waals surface area contributed by atoms with Gasteiger partial charge in [-0.3, -0.25) is 0 Å². The van der Waals surface area contributed by atoms with E-state index in [1.165, 1.54) is 0 Å². The maximum atomic E-state index is 4.38. The highest BCUT2D eigenvalue weighted by atomic mass is 15.3. The third-order valence-corrected chi connectivity index (χ3v) is 2.66. The highest BCUT2D eigenvalue weighted by Gasteiger charge is 2.24. The molecule has 0 saturated carbocycles. The molecule has 2 aromatic heterocycles. The lowest BCUT2D eigenvalue weighted by Gasteiger charge is -2.19. The topological polar surface area (TPSA) is 43.1 Å². The van der Waals surface area contributed by atoms with Crippen LogP contribution in [-0.4, -0.2) is 19.6 Å². The standard InChI is InChI=1S/C10H14N4/c1-4-10(2,3)9-12-7-8-11-5-6-13-14(8)9/h5-7H,4H2,1-3H3. The Morgan fingerprint density at radius 3 is 2.79 bits per heavy atom. The smallest absolute Gasteiger partial charge is 0.174 e. The molecule has 0 saturated heterocycles. The molecule has 2 aromatic rings. The first-order valence-corrected chi connectivity index (χ1v) is 4.80. The fourth-order valence-electron chi connectivity index (χ4n) is 1.36. The lowest BCUT2D eigenvalue weighted by atomic mass is 9.89. The SMILES string of the molecule is CCC(C)(C)c1ncc2nccnn12. The average molecular weight is 190 g/mol. The molecule has 0 aromatic carbocycles. The average Bonchev–Trinajstić information content (AvgIpc) is 2.61. The summed E-state index contributed by atoms with van der Waals surface area (Å²) >= 11 is 0. The summed E-state index contributed by atoms with van der Waals surface area (Å²) in [5.41, 5.74) is 0.853. The van der Waals surface area contributed by atoms with Crippen LogP contribution in [0.25, 0.3) is 5.65 Å². The van der Waals surface area contributed by atoms with Gasteiger partial charge >= 0.3 is 0 Å². The van der Waals surface area contributed by atoms with Crippen LogP contribution in [0, 0.1) is 0 Å². The van der Waals surface area contributed by atoms with Crippen molar-refractivity contribution in [1.29, 1.82) is 0 Å². The van der Waals surface area contributed by atoms with Crippen molar-refractivity contribution in [2.45, 2.75) is 32.6 Å². The van der Waals surface area contributed by atoms with Gasteiger partial charge in [-0.1, -0.05) is 20.8 Å². The molecule has 0 N–H and O–H groups in total. The Labute approximate surface area is 83.0 Å². The summed E-state index contributed by atoms with van der Waals surface area (Å²) in [5.74, 6) is 0.975. The molecule has 0 spiro atoms. The fraction of sp³-hybridized carbons (Fsp3) is 0.500. The van der Waals surface area contributed by atoms with Crippen molar-refractivity contribution in [3.63, 3.8) is 0 Å². The summed E-state index contributed by atoms with van der Waals surface area (Å²) in [6, 6.07) is 0. The van der Waals surface area contributed by atoms with E-state index in [4.69, 9.17) is 0 Å². The molecule has 0 aliphatic carbocycles. The van der Waals surface area contributed by atoms with E-state index in [9.17, 15) is 0 Å². The van der Waals surface area contributed by atoms with Gasteiger partial charge in [-0.05, 0) is 6.42 Å². The molecule has 0 unspecified atom stereocenters. The van der Waals surface area contributed by atoms with Crippen molar-refractivity contribution in [3.05, 3.63) is 24.4 Å². The van der Waals surface area contributed by atoms with Gasteiger partial charge in [-0.2, -0.15) is 9.61 Å². The molecule has 2 heterocycles. The van der Waals surface area contributed by atoms with Crippen molar-refractivity contribution in [2.75, 3.05) is 0 Å².